The molecule has 0 aromatic heterocycles. The molecule has 0 unspecified atom stereocenters. The molecule has 0 heterocycles. The van der Waals surface area contributed by atoms with Crippen LogP contribution in [-0.2, 0) is 0 Å². The van der Waals surface area contributed by atoms with Gasteiger partial charge in [-0.25, -0.2) is 0 Å². The molecule has 17 heavy (non-hydrogen) atoms. The zero-order chi connectivity index (χ0) is 12.8. The van der Waals surface area contributed by atoms with Crippen molar-refractivity contribution in [3.8, 4) is 11.5 Å². The van der Waals surface area contributed by atoms with Crippen LogP contribution in [0.1, 0.15) is 19.8 Å². The molecule has 0 atom stereocenters. The number of rotatable bonds is 6. The topological polar surface area (TPSA) is 84.6 Å². The van der Waals surface area contributed by atoms with Gasteiger partial charge in [-0.1, -0.05) is 13.3 Å². The van der Waals surface area contributed by atoms with Crippen LogP contribution in [0.4, 0.5) is 11.4 Å². The Kier molecular flexibility index (Phi) is 4.56. The van der Waals surface area contributed by atoms with Crippen molar-refractivity contribution in [2.75, 3.05) is 19.0 Å². The Morgan fingerprint density at radius 2 is 2.24 bits per heavy atom. The SMILES string of the molecule is CCCCNc1cc(O)c(OC)cc1[N+](=O)[O-]. The number of hydrogen-bond acceptors (Lipinski definition) is 5. The van der Waals surface area contributed by atoms with Crippen molar-refractivity contribution in [2.24, 2.45) is 0 Å². The molecule has 6 nitrogen and oxygen atoms in total. The molecule has 0 bridgehead atoms. The summed E-state index contributed by atoms with van der Waals surface area (Å²) in [6.07, 6.45) is 1.90. The van der Waals surface area contributed by atoms with Gasteiger partial charge >= 0.3 is 0 Å². The summed E-state index contributed by atoms with van der Waals surface area (Å²) in [7, 11) is 1.35. The van der Waals surface area contributed by atoms with Crippen molar-refractivity contribution in [3.05, 3.63) is 22.2 Å². The Morgan fingerprint density at radius 1 is 1.53 bits per heavy atom. The highest BCUT2D eigenvalue weighted by molar-refractivity contribution is 5.68. The van der Waals surface area contributed by atoms with Crippen molar-refractivity contribution < 1.29 is 14.8 Å². The zero-order valence-electron chi connectivity index (χ0n) is 9.90. The largest absolute Gasteiger partial charge is 0.504 e. The first kappa shape index (κ1) is 13.1. The predicted molar refractivity (Wildman–Crippen MR) is 64.7 cm³/mol. The minimum atomic E-state index is -0.504. The molecule has 94 valence electrons. The number of methoxy groups -OCH3 is 1. The van der Waals surface area contributed by atoms with Crippen LogP contribution in [0.5, 0.6) is 11.5 Å². The monoisotopic (exact) mass is 240 g/mol. The highest BCUT2D eigenvalue weighted by Crippen LogP contribution is 2.36. The maximum absolute atomic E-state index is 10.9. The van der Waals surface area contributed by atoms with Crippen LogP contribution in [0.25, 0.3) is 0 Å². The Morgan fingerprint density at radius 3 is 2.76 bits per heavy atom. The van der Waals surface area contributed by atoms with Gasteiger partial charge in [0.2, 0.25) is 0 Å². The molecule has 0 amide bonds. The average Bonchev–Trinajstić information content (AvgIpc) is 2.29. The third-order valence-corrected chi connectivity index (χ3v) is 2.34. The van der Waals surface area contributed by atoms with Crippen molar-refractivity contribution >= 4 is 11.4 Å². The van der Waals surface area contributed by atoms with E-state index in [9.17, 15) is 15.2 Å². The third-order valence-electron chi connectivity index (χ3n) is 2.34. The molecule has 0 spiro atoms. The number of anilines is 1. The normalized spacial score (nSPS) is 10.0. The van der Waals surface area contributed by atoms with E-state index in [-0.39, 0.29) is 17.2 Å². The maximum atomic E-state index is 10.9. The van der Waals surface area contributed by atoms with Crippen LogP contribution >= 0.6 is 0 Å². The summed E-state index contributed by atoms with van der Waals surface area (Å²) >= 11 is 0. The van der Waals surface area contributed by atoms with Crippen molar-refractivity contribution in [1.82, 2.24) is 0 Å². The van der Waals surface area contributed by atoms with Crippen LogP contribution in [0.2, 0.25) is 0 Å². The van der Waals surface area contributed by atoms with Gasteiger partial charge in [-0.05, 0) is 6.42 Å². The molecule has 0 radical (unpaired) electrons. The molecule has 2 N–H and O–H groups in total. The summed E-state index contributed by atoms with van der Waals surface area (Å²) < 4.78 is 4.83. The number of nitro benzene ring substituents is 1. The highest BCUT2D eigenvalue weighted by atomic mass is 16.6. The fourth-order valence-electron chi connectivity index (χ4n) is 1.41. The third kappa shape index (κ3) is 3.24. The van der Waals surface area contributed by atoms with E-state index in [1.54, 1.807) is 0 Å². The van der Waals surface area contributed by atoms with E-state index < -0.39 is 4.92 Å². The smallest absolute Gasteiger partial charge is 0.296 e. The first-order valence-electron chi connectivity index (χ1n) is 5.39. The number of hydrogen-bond donors (Lipinski definition) is 2. The second kappa shape index (κ2) is 5.93. The molecular weight excluding hydrogens is 224 g/mol. The quantitative estimate of drug-likeness (QED) is 0.453. The number of benzene rings is 1. The number of unbranched alkanes of at least 4 members (excludes halogenated alkanes) is 1. The Bertz CT molecular complexity index is 407. The van der Waals surface area contributed by atoms with E-state index in [0.717, 1.165) is 12.8 Å². The van der Waals surface area contributed by atoms with Gasteiger partial charge in [-0.15, -0.1) is 0 Å². The fraction of sp³-hybridized carbons (Fsp3) is 0.455. The highest BCUT2D eigenvalue weighted by Gasteiger charge is 2.18. The number of phenols is 1. The van der Waals surface area contributed by atoms with Crippen LogP contribution < -0.4 is 10.1 Å². The van der Waals surface area contributed by atoms with E-state index in [0.29, 0.717) is 12.2 Å². The van der Waals surface area contributed by atoms with Crippen molar-refractivity contribution in [1.29, 1.82) is 0 Å². The van der Waals surface area contributed by atoms with Crippen LogP contribution in [0.15, 0.2) is 12.1 Å². The lowest BCUT2D eigenvalue weighted by molar-refractivity contribution is -0.384. The molecule has 0 aliphatic rings. The molecule has 0 saturated heterocycles. The molecule has 0 fully saturated rings. The molecule has 6 heteroatoms. The number of nitro groups is 1. The number of nitrogens with one attached hydrogen (secondary N) is 1. The van der Waals surface area contributed by atoms with Crippen molar-refractivity contribution in [3.63, 3.8) is 0 Å². The summed E-state index contributed by atoms with van der Waals surface area (Å²) in [4.78, 5) is 10.4. The summed E-state index contributed by atoms with van der Waals surface area (Å²) in [5.74, 6) is -0.0187. The average molecular weight is 240 g/mol. The van der Waals surface area contributed by atoms with Gasteiger partial charge in [0.05, 0.1) is 18.1 Å². The zero-order valence-corrected chi connectivity index (χ0v) is 9.90. The van der Waals surface area contributed by atoms with Crippen LogP contribution in [-0.4, -0.2) is 23.7 Å². The fourth-order valence-corrected chi connectivity index (χ4v) is 1.41. The lowest BCUT2D eigenvalue weighted by Gasteiger charge is -2.09. The summed E-state index contributed by atoms with van der Waals surface area (Å²) in [5.41, 5.74) is 0.206. The Labute approximate surface area is 99.4 Å². The summed E-state index contributed by atoms with van der Waals surface area (Å²) in [6, 6.07) is 2.52. The number of nitrogens with zero attached hydrogens (tertiary/aromatic N) is 1. The van der Waals surface area contributed by atoms with E-state index >= 15 is 0 Å². The predicted octanol–water partition coefficient (Wildman–Crippen LogP) is 2.52. The Balaban J connectivity index is 3.01. The molecule has 1 aromatic carbocycles. The van der Waals surface area contributed by atoms with Gasteiger partial charge in [-0.2, -0.15) is 0 Å². The van der Waals surface area contributed by atoms with Gasteiger partial charge in [0.1, 0.15) is 5.69 Å². The van der Waals surface area contributed by atoms with E-state index in [2.05, 4.69) is 5.32 Å². The second-order valence-electron chi connectivity index (χ2n) is 3.58. The summed E-state index contributed by atoms with van der Waals surface area (Å²) in [6.45, 7) is 2.66. The Hall–Kier alpha value is -1.98. The first-order chi connectivity index (χ1) is 8.10. The van der Waals surface area contributed by atoms with E-state index in [1.165, 1.54) is 19.2 Å². The molecule has 1 rings (SSSR count). The van der Waals surface area contributed by atoms with Gasteiger partial charge in [0.25, 0.3) is 5.69 Å². The lowest BCUT2D eigenvalue weighted by Crippen LogP contribution is -2.04. The van der Waals surface area contributed by atoms with Crippen LogP contribution in [0, 0.1) is 10.1 Å². The first-order valence-corrected chi connectivity index (χ1v) is 5.39. The molecule has 1 aromatic rings. The molecule has 0 saturated carbocycles. The number of aromatic hydroxyl groups is 1. The van der Waals surface area contributed by atoms with E-state index in [4.69, 9.17) is 4.74 Å². The van der Waals surface area contributed by atoms with Gasteiger partial charge in [0.15, 0.2) is 11.5 Å². The van der Waals surface area contributed by atoms with Crippen LogP contribution in [0.3, 0.4) is 0 Å². The molecular formula is C11H16N2O4. The maximum Gasteiger partial charge on any atom is 0.296 e. The van der Waals surface area contributed by atoms with Gasteiger partial charge in [-0.3, -0.25) is 10.1 Å². The van der Waals surface area contributed by atoms with Gasteiger partial charge in [0, 0.05) is 12.6 Å². The standard InChI is InChI=1S/C11H16N2O4/c1-3-4-5-12-8-6-10(14)11(17-2)7-9(8)13(15)16/h6-7,12,14H,3-5H2,1-2H3. The molecule has 0 aliphatic carbocycles. The minimum Gasteiger partial charge on any atom is -0.504 e. The van der Waals surface area contributed by atoms with Crippen molar-refractivity contribution in [2.45, 2.75) is 19.8 Å². The van der Waals surface area contributed by atoms with Gasteiger partial charge < -0.3 is 15.2 Å². The van der Waals surface area contributed by atoms with E-state index in [1.807, 2.05) is 6.92 Å². The summed E-state index contributed by atoms with van der Waals surface area (Å²) in [5, 5.41) is 23.4. The number of ether oxygens (including phenoxy) is 1. The number of phenolic OH excluding ortho intramolecular Hbond substituents is 1. The minimum absolute atomic E-state index is 0.0951. The second-order valence-corrected chi connectivity index (χ2v) is 3.58. The molecule has 0 aliphatic heterocycles. The lowest BCUT2D eigenvalue weighted by atomic mass is 10.2.